The van der Waals surface area contributed by atoms with E-state index in [1.807, 2.05) is 19.4 Å². The highest BCUT2D eigenvalue weighted by Crippen LogP contribution is 2.12. The Morgan fingerprint density at radius 1 is 1.33 bits per heavy atom. The van der Waals surface area contributed by atoms with Gasteiger partial charge in [-0.15, -0.1) is 0 Å². The van der Waals surface area contributed by atoms with Gasteiger partial charge in [0.25, 0.3) is 0 Å². The van der Waals surface area contributed by atoms with Gasteiger partial charge in [-0.3, -0.25) is 4.98 Å². The molecule has 0 aliphatic rings. The molecule has 3 nitrogen and oxygen atoms in total. The van der Waals surface area contributed by atoms with Gasteiger partial charge in [0.15, 0.2) is 0 Å². The highest BCUT2D eigenvalue weighted by molar-refractivity contribution is 9.10. The lowest BCUT2D eigenvalue weighted by Crippen LogP contribution is -2.33. The largest absolute Gasteiger partial charge is 0.317 e. The average molecular weight is 314 g/mol. The lowest BCUT2D eigenvalue weighted by atomic mass is 10.0. The Hall–Kier alpha value is -0.450. The lowest BCUT2D eigenvalue weighted by Gasteiger charge is -2.22. The van der Waals surface area contributed by atoms with E-state index in [4.69, 9.17) is 0 Å². The van der Waals surface area contributed by atoms with Crippen molar-refractivity contribution < 1.29 is 0 Å². The summed E-state index contributed by atoms with van der Waals surface area (Å²) in [6.07, 6.45) is 5.98. The van der Waals surface area contributed by atoms with Crippen molar-refractivity contribution in [1.29, 1.82) is 0 Å². The predicted octanol–water partition coefficient (Wildman–Crippen LogP) is 2.71. The van der Waals surface area contributed by atoms with Gasteiger partial charge in [0.1, 0.15) is 0 Å². The van der Waals surface area contributed by atoms with Crippen LogP contribution < -0.4 is 5.32 Å². The van der Waals surface area contributed by atoms with E-state index in [1.54, 1.807) is 0 Å². The Labute approximate surface area is 119 Å². The standard InChI is InChI=1S/C14H24BrN3/c1-4-18(5-2)7-6-14(16-3)9-12-8-13(15)11-17-10-12/h8,10-11,14,16H,4-7,9H2,1-3H3. The summed E-state index contributed by atoms with van der Waals surface area (Å²) in [5, 5.41) is 3.40. The fourth-order valence-corrected chi connectivity index (χ4v) is 2.49. The summed E-state index contributed by atoms with van der Waals surface area (Å²) in [7, 11) is 2.04. The van der Waals surface area contributed by atoms with Crippen LogP contribution in [-0.2, 0) is 6.42 Å². The summed E-state index contributed by atoms with van der Waals surface area (Å²) < 4.78 is 1.05. The molecule has 1 heterocycles. The summed E-state index contributed by atoms with van der Waals surface area (Å²) in [5.74, 6) is 0. The van der Waals surface area contributed by atoms with Gasteiger partial charge in [-0.1, -0.05) is 13.8 Å². The zero-order valence-corrected chi connectivity index (χ0v) is 13.2. The summed E-state index contributed by atoms with van der Waals surface area (Å²) in [5.41, 5.74) is 1.28. The highest BCUT2D eigenvalue weighted by atomic mass is 79.9. The molecule has 1 aromatic heterocycles. The quantitative estimate of drug-likeness (QED) is 0.800. The Morgan fingerprint density at radius 2 is 2.06 bits per heavy atom. The van der Waals surface area contributed by atoms with Crippen molar-refractivity contribution in [1.82, 2.24) is 15.2 Å². The van der Waals surface area contributed by atoms with Gasteiger partial charge in [-0.2, -0.15) is 0 Å². The smallest absolute Gasteiger partial charge is 0.0410 e. The minimum Gasteiger partial charge on any atom is -0.317 e. The maximum atomic E-state index is 4.21. The number of nitrogens with one attached hydrogen (secondary N) is 1. The third-order valence-corrected chi connectivity index (χ3v) is 3.77. The van der Waals surface area contributed by atoms with E-state index in [0.29, 0.717) is 6.04 Å². The van der Waals surface area contributed by atoms with Gasteiger partial charge in [0, 0.05) is 22.9 Å². The third-order valence-electron chi connectivity index (χ3n) is 3.34. The van der Waals surface area contributed by atoms with E-state index in [-0.39, 0.29) is 0 Å². The first kappa shape index (κ1) is 15.6. The van der Waals surface area contributed by atoms with Crippen molar-refractivity contribution in [3.8, 4) is 0 Å². The number of nitrogens with zero attached hydrogens (tertiary/aromatic N) is 2. The lowest BCUT2D eigenvalue weighted by molar-refractivity contribution is 0.283. The second-order valence-corrected chi connectivity index (χ2v) is 5.43. The van der Waals surface area contributed by atoms with Crippen molar-refractivity contribution in [2.45, 2.75) is 32.7 Å². The van der Waals surface area contributed by atoms with Crippen LogP contribution in [0.25, 0.3) is 0 Å². The number of aromatic nitrogens is 1. The summed E-state index contributed by atoms with van der Waals surface area (Å²) >= 11 is 3.47. The number of hydrogen-bond donors (Lipinski definition) is 1. The Kier molecular flexibility index (Phi) is 7.47. The first-order valence-corrected chi connectivity index (χ1v) is 7.47. The van der Waals surface area contributed by atoms with Gasteiger partial charge in [0.2, 0.25) is 0 Å². The summed E-state index contributed by atoms with van der Waals surface area (Å²) in [4.78, 5) is 6.68. The number of likely N-dealkylation sites (N-methyl/N-ethyl adjacent to an activating group) is 1. The summed E-state index contributed by atoms with van der Waals surface area (Å²) in [6.45, 7) is 7.85. The van der Waals surface area contributed by atoms with Crippen LogP contribution in [-0.4, -0.2) is 42.6 Å². The van der Waals surface area contributed by atoms with Crippen molar-refractivity contribution in [2.75, 3.05) is 26.7 Å². The number of pyridine rings is 1. The molecule has 4 heteroatoms. The molecular weight excluding hydrogens is 290 g/mol. The molecule has 1 aromatic rings. The van der Waals surface area contributed by atoms with Crippen LogP contribution in [0.1, 0.15) is 25.8 Å². The molecule has 1 atom stereocenters. The topological polar surface area (TPSA) is 28.2 Å². The van der Waals surface area contributed by atoms with Crippen LogP contribution in [0.5, 0.6) is 0 Å². The van der Waals surface area contributed by atoms with Crippen molar-refractivity contribution >= 4 is 15.9 Å². The minimum absolute atomic E-state index is 0.515. The monoisotopic (exact) mass is 313 g/mol. The van der Waals surface area contributed by atoms with Gasteiger partial charge >= 0.3 is 0 Å². The molecule has 0 amide bonds. The van der Waals surface area contributed by atoms with Crippen molar-refractivity contribution in [2.24, 2.45) is 0 Å². The fraction of sp³-hybridized carbons (Fsp3) is 0.643. The van der Waals surface area contributed by atoms with Crippen molar-refractivity contribution in [3.05, 3.63) is 28.5 Å². The molecular formula is C14H24BrN3. The molecule has 0 fully saturated rings. The Morgan fingerprint density at radius 3 is 2.61 bits per heavy atom. The minimum atomic E-state index is 0.515. The zero-order chi connectivity index (χ0) is 13.4. The summed E-state index contributed by atoms with van der Waals surface area (Å²) in [6, 6.07) is 2.66. The number of hydrogen-bond acceptors (Lipinski definition) is 3. The molecule has 0 aliphatic carbocycles. The van der Waals surface area contributed by atoms with E-state index >= 15 is 0 Å². The first-order chi connectivity index (χ1) is 8.69. The Bertz CT molecular complexity index is 340. The van der Waals surface area contributed by atoms with Crippen LogP contribution in [0.3, 0.4) is 0 Å². The van der Waals surface area contributed by atoms with Crippen LogP contribution in [0.15, 0.2) is 22.9 Å². The molecule has 0 spiro atoms. The molecule has 1 N–H and O–H groups in total. The molecule has 102 valence electrons. The maximum Gasteiger partial charge on any atom is 0.0410 e. The molecule has 0 aliphatic heterocycles. The SMILES string of the molecule is CCN(CC)CCC(Cc1cncc(Br)c1)NC. The zero-order valence-electron chi connectivity index (χ0n) is 11.6. The predicted molar refractivity (Wildman–Crippen MR) is 80.9 cm³/mol. The second-order valence-electron chi connectivity index (χ2n) is 4.52. The molecule has 0 radical (unpaired) electrons. The van der Waals surface area contributed by atoms with Gasteiger partial charge in [-0.05, 0) is 67.1 Å². The Balaban J connectivity index is 2.46. The molecule has 0 saturated carbocycles. The first-order valence-electron chi connectivity index (χ1n) is 6.68. The van der Waals surface area contributed by atoms with E-state index in [0.717, 1.165) is 30.5 Å². The molecule has 1 unspecified atom stereocenters. The fourth-order valence-electron chi connectivity index (χ4n) is 2.08. The van der Waals surface area contributed by atoms with Gasteiger partial charge in [0.05, 0.1) is 0 Å². The highest BCUT2D eigenvalue weighted by Gasteiger charge is 2.09. The van der Waals surface area contributed by atoms with E-state index in [1.165, 1.54) is 12.0 Å². The van der Waals surface area contributed by atoms with Crippen LogP contribution in [0.2, 0.25) is 0 Å². The van der Waals surface area contributed by atoms with Crippen LogP contribution in [0, 0.1) is 0 Å². The van der Waals surface area contributed by atoms with Gasteiger partial charge < -0.3 is 10.2 Å². The normalized spacial score (nSPS) is 12.9. The van der Waals surface area contributed by atoms with E-state index < -0.39 is 0 Å². The third kappa shape index (κ3) is 5.46. The van der Waals surface area contributed by atoms with E-state index in [2.05, 4.69) is 51.0 Å². The molecule has 18 heavy (non-hydrogen) atoms. The van der Waals surface area contributed by atoms with Crippen molar-refractivity contribution in [3.63, 3.8) is 0 Å². The van der Waals surface area contributed by atoms with Crippen LogP contribution in [0.4, 0.5) is 0 Å². The molecule has 1 rings (SSSR count). The van der Waals surface area contributed by atoms with Gasteiger partial charge in [-0.25, -0.2) is 0 Å². The van der Waals surface area contributed by atoms with Crippen LogP contribution >= 0.6 is 15.9 Å². The molecule has 0 aromatic carbocycles. The average Bonchev–Trinajstić information content (AvgIpc) is 2.38. The number of rotatable bonds is 8. The molecule has 0 saturated heterocycles. The number of halogens is 1. The maximum absolute atomic E-state index is 4.21. The molecule has 0 bridgehead atoms. The second kappa shape index (κ2) is 8.62. The van der Waals surface area contributed by atoms with E-state index in [9.17, 15) is 0 Å².